The molecule has 0 N–H and O–H groups in total. The fraction of sp³-hybridized carbons (Fsp3) is 0.500. The Morgan fingerprint density at radius 1 is 1.15 bits per heavy atom. The first-order valence-electron chi connectivity index (χ1n) is 6.98. The van der Waals surface area contributed by atoms with Crippen LogP contribution in [0.5, 0.6) is 5.75 Å². The standard InChI is InChI=1S/C16H22O4/c1-4-12-11-13(20-5-2)9-10-14(12)15(17)7-6-8-16(18)19-3/h9-11H,4-8H2,1-3H3. The summed E-state index contributed by atoms with van der Waals surface area (Å²) in [7, 11) is 1.35. The van der Waals surface area contributed by atoms with Gasteiger partial charge in [0.1, 0.15) is 5.75 Å². The van der Waals surface area contributed by atoms with Gasteiger partial charge < -0.3 is 9.47 Å². The predicted molar refractivity (Wildman–Crippen MR) is 77.2 cm³/mol. The van der Waals surface area contributed by atoms with E-state index >= 15 is 0 Å². The minimum atomic E-state index is -0.278. The molecule has 0 saturated carbocycles. The van der Waals surface area contributed by atoms with Crippen molar-refractivity contribution >= 4 is 11.8 Å². The number of carbonyl (C=O) groups excluding carboxylic acids is 2. The molecule has 0 unspecified atom stereocenters. The fourth-order valence-corrected chi connectivity index (χ4v) is 2.02. The van der Waals surface area contributed by atoms with Crippen LogP contribution in [0.4, 0.5) is 0 Å². The summed E-state index contributed by atoms with van der Waals surface area (Å²) >= 11 is 0. The molecule has 0 fully saturated rings. The predicted octanol–water partition coefficient (Wildman–Crippen LogP) is 3.17. The minimum absolute atomic E-state index is 0.0637. The molecule has 110 valence electrons. The molecule has 1 aromatic rings. The number of ketones is 1. The Morgan fingerprint density at radius 3 is 2.50 bits per heavy atom. The average Bonchev–Trinajstić information content (AvgIpc) is 2.47. The second-order valence-corrected chi connectivity index (χ2v) is 4.46. The average molecular weight is 278 g/mol. The number of methoxy groups -OCH3 is 1. The molecule has 1 aromatic carbocycles. The highest BCUT2D eigenvalue weighted by Crippen LogP contribution is 2.20. The molecule has 4 heteroatoms. The molecule has 0 aromatic heterocycles. The zero-order valence-electron chi connectivity index (χ0n) is 12.4. The first-order chi connectivity index (χ1) is 9.62. The smallest absolute Gasteiger partial charge is 0.305 e. The lowest BCUT2D eigenvalue weighted by Crippen LogP contribution is -2.06. The quantitative estimate of drug-likeness (QED) is 0.541. The number of benzene rings is 1. The number of Topliss-reactive ketones (excluding diaryl/α,β-unsaturated/α-hetero) is 1. The molecular weight excluding hydrogens is 256 g/mol. The van der Waals surface area contributed by atoms with Crippen LogP contribution in [0.15, 0.2) is 18.2 Å². The third kappa shape index (κ3) is 4.68. The van der Waals surface area contributed by atoms with E-state index in [2.05, 4.69) is 4.74 Å². The minimum Gasteiger partial charge on any atom is -0.494 e. The summed E-state index contributed by atoms with van der Waals surface area (Å²) in [6, 6.07) is 5.54. The summed E-state index contributed by atoms with van der Waals surface area (Å²) in [6.07, 6.45) is 1.93. The fourth-order valence-electron chi connectivity index (χ4n) is 2.02. The van der Waals surface area contributed by atoms with Gasteiger partial charge in [0.15, 0.2) is 5.78 Å². The molecule has 0 amide bonds. The zero-order chi connectivity index (χ0) is 15.0. The van der Waals surface area contributed by atoms with Crippen molar-refractivity contribution in [2.45, 2.75) is 39.5 Å². The van der Waals surface area contributed by atoms with Crippen LogP contribution in [-0.2, 0) is 16.0 Å². The van der Waals surface area contributed by atoms with Crippen molar-refractivity contribution < 1.29 is 19.1 Å². The van der Waals surface area contributed by atoms with Crippen molar-refractivity contribution in [3.05, 3.63) is 29.3 Å². The molecule has 1 rings (SSSR count). The van der Waals surface area contributed by atoms with E-state index in [4.69, 9.17) is 4.74 Å². The normalized spacial score (nSPS) is 10.2. The van der Waals surface area contributed by atoms with Crippen molar-refractivity contribution in [1.82, 2.24) is 0 Å². The van der Waals surface area contributed by atoms with E-state index in [-0.39, 0.29) is 18.2 Å². The molecule has 20 heavy (non-hydrogen) atoms. The van der Waals surface area contributed by atoms with Crippen molar-refractivity contribution in [3.63, 3.8) is 0 Å². The lowest BCUT2D eigenvalue weighted by Gasteiger charge is -2.10. The maximum atomic E-state index is 12.2. The van der Waals surface area contributed by atoms with Gasteiger partial charge in [0.05, 0.1) is 13.7 Å². The van der Waals surface area contributed by atoms with Crippen LogP contribution in [-0.4, -0.2) is 25.5 Å². The first kappa shape index (κ1) is 16.2. The maximum Gasteiger partial charge on any atom is 0.305 e. The molecule has 0 saturated heterocycles. The van der Waals surface area contributed by atoms with Gasteiger partial charge in [-0.3, -0.25) is 9.59 Å². The number of rotatable bonds is 8. The van der Waals surface area contributed by atoms with Gasteiger partial charge in [-0.25, -0.2) is 0 Å². The van der Waals surface area contributed by atoms with Crippen LogP contribution in [0, 0.1) is 0 Å². The molecule has 0 radical (unpaired) electrons. The van der Waals surface area contributed by atoms with Gasteiger partial charge in [0.25, 0.3) is 0 Å². The van der Waals surface area contributed by atoms with E-state index in [1.54, 1.807) is 0 Å². The lowest BCUT2D eigenvalue weighted by molar-refractivity contribution is -0.140. The molecule has 0 atom stereocenters. The number of carbonyl (C=O) groups is 2. The van der Waals surface area contributed by atoms with Crippen molar-refractivity contribution in [1.29, 1.82) is 0 Å². The molecule has 0 aliphatic carbocycles. The van der Waals surface area contributed by atoms with Gasteiger partial charge in [-0.1, -0.05) is 6.92 Å². The molecule has 0 spiro atoms. The maximum absolute atomic E-state index is 12.2. The topological polar surface area (TPSA) is 52.6 Å². The van der Waals surface area contributed by atoms with E-state index in [1.807, 2.05) is 32.0 Å². The number of ether oxygens (including phenoxy) is 2. The van der Waals surface area contributed by atoms with E-state index in [0.717, 1.165) is 23.3 Å². The Labute approximate surface area is 120 Å². The van der Waals surface area contributed by atoms with Crippen molar-refractivity contribution in [2.24, 2.45) is 0 Å². The van der Waals surface area contributed by atoms with Crippen LogP contribution in [0.1, 0.15) is 49.0 Å². The van der Waals surface area contributed by atoms with Crippen LogP contribution in [0.25, 0.3) is 0 Å². The molecule has 0 bridgehead atoms. The highest BCUT2D eigenvalue weighted by molar-refractivity contribution is 5.97. The van der Waals surface area contributed by atoms with Crippen LogP contribution < -0.4 is 4.74 Å². The first-order valence-corrected chi connectivity index (χ1v) is 6.98. The van der Waals surface area contributed by atoms with Gasteiger partial charge in [0, 0.05) is 18.4 Å². The Morgan fingerprint density at radius 2 is 1.90 bits per heavy atom. The molecule has 0 heterocycles. The summed E-state index contributed by atoms with van der Waals surface area (Å²) in [5.74, 6) is 0.574. The number of hydrogen-bond acceptors (Lipinski definition) is 4. The van der Waals surface area contributed by atoms with Gasteiger partial charge in [-0.05, 0) is 43.5 Å². The van der Waals surface area contributed by atoms with Crippen molar-refractivity contribution in [2.75, 3.05) is 13.7 Å². The van der Waals surface area contributed by atoms with Gasteiger partial charge in [-0.15, -0.1) is 0 Å². The summed E-state index contributed by atoms with van der Waals surface area (Å²) in [5.41, 5.74) is 1.71. The summed E-state index contributed by atoms with van der Waals surface area (Å²) in [4.78, 5) is 23.2. The number of hydrogen-bond donors (Lipinski definition) is 0. The lowest BCUT2D eigenvalue weighted by atomic mass is 9.98. The highest BCUT2D eigenvalue weighted by atomic mass is 16.5. The van der Waals surface area contributed by atoms with E-state index < -0.39 is 0 Å². The van der Waals surface area contributed by atoms with Gasteiger partial charge >= 0.3 is 5.97 Å². The van der Waals surface area contributed by atoms with E-state index in [9.17, 15) is 9.59 Å². The molecular formula is C16H22O4. The van der Waals surface area contributed by atoms with E-state index in [0.29, 0.717) is 19.4 Å². The SMILES string of the molecule is CCOc1ccc(C(=O)CCCC(=O)OC)c(CC)c1. The van der Waals surface area contributed by atoms with Crippen molar-refractivity contribution in [3.8, 4) is 5.75 Å². The zero-order valence-corrected chi connectivity index (χ0v) is 12.4. The molecule has 0 aliphatic heterocycles. The Hall–Kier alpha value is -1.84. The number of esters is 1. The second kappa shape index (κ2) is 8.35. The van der Waals surface area contributed by atoms with E-state index in [1.165, 1.54) is 7.11 Å². The summed E-state index contributed by atoms with van der Waals surface area (Å²) < 4.78 is 10.00. The Bertz CT molecular complexity index is 466. The second-order valence-electron chi connectivity index (χ2n) is 4.46. The monoisotopic (exact) mass is 278 g/mol. The van der Waals surface area contributed by atoms with Crippen LogP contribution in [0.2, 0.25) is 0 Å². The highest BCUT2D eigenvalue weighted by Gasteiger charge is 2.12. The van der Waals surface area contributed by atoms with Crippen LogP contribution >= 0.6 is 0 Å². The third-order valence-electron chi connectivity index (χ3n) is 3.08. The Balaban J connectivity index is 2.69. The molecule has 0 aliphatic rings. The third-order valence-corrected chi connectivity index (χ3v) is 3.08. The number of aryl methyl sites for hydroxylation is 1. The largest absolute Gasteiger partial charge is 0.494 e. The van der Waals surface area contributed by atoms with Crippen LogP contribution in [0.3, 0.4) is 0 Å². The van der Waals surface area contributed by atoms with Gasteiger partial charge in [-0.2, -0.15) is 0 Å². The van der Waals surface area contributed by atoms with Gasteiger partial charge in [0.2, 0.25) is 0 Å². The summed E-state index contributed by atoms with van der Waals surface area (Å²) in [6.45, 7) is 4.55. The molecule has 4 nitrogen and oxygen atoms in total. The summed E-state index contributed by atoms with van der Waals surface area (Å²) in [5, 5.41) is 0. The Kier molecular flexibility index (Phi) is 6.77.